The summed E-state index contributed by atoms with van der Waals surface area (Å²) in [4.78, 5) is 13.2. The van der Waals surface area contributed by atoms with Crippen LogP contribution in [0.4, 0.5) is 0 Å². The van der Waals surface area contributed by atoms with Crippen molar-refractivity contribution in [2.24, 2.45) is 0 Å². The fourth-order valence-corrected chi connectivity index (χ4v) is 4.19. The van der Waals surface area contributed by atoms with E-state index in [2.05, 4.69) is 51.3 Å². The van der Waals surface area contributed by atoms with E-state index in [1.54, 1.807) is 0 Å². The third-order valence-electron chi connectivity index (χ3n) is 5.25. The summed E-state index contributed by atoms with van der Waals surface area (Å²) in [7, 11) is -2.14. The van der Waals surface area contributed by atoms with Crippen molar-refractivity contribution < 1.29 is 9.22 Å². The summed E-state index contributed by atoms with van der Waals surface area (Å²) in [5, 5.41) is 3.15. The van der Waals surface area contributed by atoms with Gasteiger partial charge in [-0.15, -0.1) is 0 Å². The predicted molar refractivity (Wildman–Crippen MR) is 102 cm³/mol. The highest BCUT2D eigenvalue weighted by atomic mass is 28.4. The molecule has 1 amide bonds. The maximum atomic E-state index is 13.2. The van der Waals surface area contributed by atoms with Gasteiger partial charge in [0.15, 0.2) is 13.9 Å². The maximum Gasteiger partial charge on any atom is 0.256 e. The molecule has 132 valence electrons. The molecule has 0 bridgehead atoms. The average molecular weight is 346 g/mol. The number of amides is 1. The molecule has 1 N–H and O–H groups in total. The van der Waals surface area contributed by atoms with Crippen LogP contribution in [0.2, 0.25) is 18.1 Å². The molecule has 1 aromatic rings. The van der Waals surface area contributed by atoms with E-state index in [0.29, 0.717) is 13.0 Å². The van der Waals surface area contributed by atoms with Gasteiger partial charge in [-0.1, -0.05) is 63.3 Å². The summed E-state index contributed by atoms with van der Waals surface area (Å²) < 4.78 is 6.80. The molecule has 0 saturated heterocycles. The second-order valence-electron chi connectivity index (χ2n) is 8.13. The van der Waals surface area contributed by atoms with Gasteiger partial charge in [0.1, 0.15) is 0 Å². The topological polar surface area (TPSA) is 38.3 Å². The molecule has 1 aromatic carbocycles. The molecule has 3 nitrogen and oxygen atoms in total. The molecule has 24 heavy (non-hydrogen) atoms. The summed E-state index contributed by atoms with van der Waals surface area (Å²) in [5.41, 5.74) is 0.00402. The monoisotopic (exact) mass is 345 g/mol. The first-order valence-corrected chi connectivity index (χ1v) is 11.8. The van der Waals surface area contributed by atoms with Crippen LogP contribution in [0.5, 0.6) is 0 Å². The maximum absolute atomic E-state index is 13.2. The normalized spacial score (nSPS) is 24.5. The van der Waals surface area contributed by atoms with E-state index in [-0.39, 0.29) is 10.9 Å². The van der Waals surface area contributed by atoms with Crippen LogP contribution < -0.4 is 5.32 Å². The third kappa shape index (κ3) is 3.98. The number of carbonyl (C=O) groups is 1. The van der Waals surface area contributed by atoms with Gasteiger partial charge in [-0.2, -0.15) is 0 Å². The van der Waals surface area contributed by atoms with E-state index in [0.717, 1.165) is 18.4 Å². The molecule has 0 fully saturated rings. The molecular weight excluding hydrogens is 314 g/mol. The lowest BCUT2D eigenvalue weighted by molar-refractivity contribution is -0.138. The second-order valence-corrected chi connectivity index (χ2v) is 12.9. The first kappa shape index (κ1) is 18.9. The minimum absolute atomic E-state index is 0.00919. The number of allylic oxidation sites excluding steroid dienone is 1. The number of rotatable bonds is 3. The van der Waals surface area contributed by atoms with Gasteiger partial charge < -0.3 is 9.74 Å². The minimum Gasteiger partial charge on any atom is -0.399 e. The van der Waals surface area contributed by atoms with Crippen LogP contribution in [0.3, 0.4) is 0 Å². The Morgan fingerprint density at radius 3 is 2.42 bits per heavy atom. The molecule has 0 spiro atoms. The first-order valence-electron chi connectivity index (χ1n) is 8.88. The molecule has 0 aromatic heterocycles. The zero-order chi connectivity index (χ0) is 17.8. The fraction of sp³-hybridized carbons (Fsp3) is 0.550. The Morgan fingerprint density at radius 2 is 1.79 bits per heavy atom. The third-order valence-corrected chi connectivity index (χ3v) is 9.72. The van der Waals surface area contributed by atoms with Gasteiger partial charge in [-0.25, -0.2) is 0 Å². The second kappa shape index (κ2) is 7.24. The van der Waals surface area contributed by atoms with Crippen molar-refractivity contribution in [3.05, 3.63) is 48.0 Å². The Kier molecular flexibility index (Phi) is 5.71. The van der Waals surface area contributed by atoms with Gasteiger partial charge in [-0.05, 0) is 36.5 Å². The van der Waals surface area contributed by atoms with E-state index in [4.69, 9.17) is 4.43 Å². The van der Waals surface area contributed by atoms with E-state index < -0.39 is 13.9 Å². The Balaban J connectivity index is 2.53. The van der Waals surface area contributed by atoms with E-state index in [1.807, 2.05) is 30.3 Å². The standard InChI is InChI=1S/C20H31NO2Si/c1-19(2,3)24(4,5)23-20(17-13-9-8-10-14-17)15-11-6-7-12-16-21-18(20)22/h6,8-11,13-14H,7,12,15-16H2,1-5H3,(H,21,22)/b11-6+. The summed E-state index contributed by atoms with van der Waals surface area (Å²) in [6.45, 7) is 11.7. The van der Waals surface area contributed by atoms with Gasteiger partial charge >= 0.3 is 0 Å². The van der Waals surface area contributed by atoms with E-state index >= 15 is 0 Å². The SMILES string of the molecule is CC(C)(C)[Si](C)(C)OC1(c2ccccc2)C/C=C/CCCNC1=O. The average Bonchev–Trinajstić information content (AvgIpc) is 2.59. The van der Waals surface area contributed by atoms with Gasteiger partial charge in [0.25, 0.3) is 5.91 Å². The number of hydrogen-bond acceptors (Lipinski definition) is 2. The van der Waals surface area contributed by atoms with Crippen molar-refractivity contribution >= 4 is 14.2 Å². The lowest BCUT2D eigenvalue weighted by Gasteiger charge is -2.44. The summed E-state index contributed by atoms with van der Waals surface area (Å²) in [6, 6.07) is 9.97. The molecule has 1 atom stereocenters. The van der Waals surface area contributed by atoms with Crippen molar-refractivity contribution in [2.75, 3.05) is 6.54 Å². The molecule has 4 heteroatoms. The molecule has 1 heterocycles. The zero-order valence-corrected chi connectivity index (χ0v) is 16.7. The van der Waals surface area contributed by atoms with Crippen LogP contribution in [0.15, 0.2) is 42.5 Å². The summed E-state index contributed by atoms with van der Waals surface area (Å²) in [5.74, 6) is -0.00919. The quantitative estimate of drug-likeness (QED) is 0.633. The zero-order valence-electron chi connectivity index (χ0n) is 15.7. The number of nitrogens with one attached hydrogen (secondary N) is 1. The van der Waals surface area contributed by atoms with Crippen LogP contribution in [-0.2, 0) is 14.8 Å². The van der Waals surface area contributed by atoms with Crippen molar-refractivity contribution in [2.45, 2.75) is 63.8 Å². The van der Waals surface area contributed by atoms with Crippen LogP contribution >= 0.6 is 0 Å². The Hall–Kier alpha value is -1.39. The molecule has 0 saturated carbocycles. The molecular formula is C20H31NO2Si. The van der Waals surface area contributed by atoms with Crippen LogP contribution in [0, 0.1) is 0 Å². The minimum atomic E-state index is -2.14. The highest BCUT2D eigenvalue weighted by Gasteiger charge is 2.49. The highest BCUT2D eigenvalue weighted by Crippen LogP contribution is 2.43. The highest BCUT2D eigenvalue weighted by molar-refractivity contribution is 6.74. The van der Waals surface area contributed by atoms with E-state index in [1.165, 1.54) is 0 Å². The van der Waals surface area contributed by atoms with Crippen molar-refractivity contribution in [3.8, 4) is 0 Å². The lowest BCUT2D eigenvalue weighted by Crippen LogP contribution is -2.55. The summed E-state index contributed by atoms with van der Waals surface area (Å²) >= 11 is 0. The van der Waals surface area contributed by atoms with Gasteiger partial charge in [0.2, 0.25) is 0 Å². The van der Waals surface area contributed by atoms with Gasteiger partial charge in [0, 0.05) is 13.0 Å². The van der Waals surface area contributed by atoms with Gasteiger partial charge in [-0.3, -0.25) is 4.79 Å². The van der Waals surface area contributed by atoms with Crippen molar-refractivity contribution in [1.29, 1.82) is 0 Å². The molecule has 1 unspecified atom stereocenters. The van der Waals surface area contributed by atoms with Crippen LogP contribution in [0.1, 0.15) is 45.6 Å². The smallest absolute Gasteiger partial charge is 0.256 e. The van der Waals surface area contributed by atoms with Crippen LogP contribution in [-0.4, -0.2) is 20.8 Å². The Labute approximate surface area is 147 Å². The fourth-order valence-electron chi connectivity index (χ4n) is 2.72. The molecule has 1 aliphatic heterocycles. The molecule has 2 rings (SSSR count). The Bertz CT molecular complexity index is 589. The van der Waals surface area contributed by atoms with Crippen molar-refractivity contribution in [3.63, 3.8) is 0 Å². The molecule has 0 aliphatic carbocycles. The molecule has 0 radical (unpaired) electrons. The van der Waals surface area contributed by atoms with Gasteiger partial charge in [0.05, 0.1) is 0 Å². The first-order chi connectivity index (χ1) is 11.2. The number of benzene rings is 1. The largest absolute Gasteiger partial charge is 0.399 e. The number of carbonyl (C=O) groups excluding carboxylic acids is 1. The van der Waals surface area contributed by atoms with Crippen molar-refractivity contribution in [1.82, 2.24) is 5.32 Å². The van der Waals surface area contributed by atoms with Crippen LogP contribution in [0.25, 0.3) is 0 Å². The van der Waals surface area contributed by atoms with E-state index in [9.17, 15) is 4.79 Å². The lowest BCUT2D eigenvalue weighted by atomic mass is 9.89. The predicted octanol–water partition coefficient (Wildman–Crippen LogP) is 4.76. The Morgan fingerprint density at radius 1 is 1.12 bits per heavy atom. The number of hydrogen-bond donors (Lipinski definition) is 1. The molecule has 1 aliphatic rings. The summed E-state index contributed by atoms with van der Waals surface area (Å²) in [6.07, 6.45) is 6.83.